The number of carbonyl (C=O) groups is 1. The third kappa shape index (κ3) is 4.60. The summed E-state index contributed by atoms with van der Waals surface area (Å²) in [6, 6.07) is 9.21. The highest BCUT2D eigenvalue weighted by atomic mass is 16.5. The van der Waals surface area contributed by atoms with E-state index in [-0.39, 0.29) is 12.5 Å². The molecule has 3 rings (SSSR count). The van der Waals surface area contributed by atoms with E-state index in [1.54, 1.807) is 18.3 Å². The van der Waals surface area contributed by atoms with E-state index in [4.69, 9.17) is 9.47 Å². The summed E-state index contributed by atoms with van der Waals surface area (Å²) in [6.07, 6.45) is 1.63. The summed E-state index contributed by atoms with van der Waals surface area (Å²) in [7, 11) is 3.75. The number of para-hydroxylation sites is 1. The summed E-state index contributed by atoms with van der Waals surface area (Å²) >= 11 is 0. The Kier molecular flexibility index (Phi) is 5.85. The van der Waals surface area contributed by atoms with Crippen molar-refractivity contribution in [1.82, 2.24) is 9.97 Å². The molecule has 1 aliphatic rings. The molecule has 26 heavy (non-hydrogen) atoms. The lowest BCUT2D eigenvalue weighted by atomic mass is 10.3. The zero-order valence-electron chi connectivity index (χ0n) is 15.0. The molecule has 1 fully saturated rings. The van der Waals surface area contributed by atoms with Gasteiger partial charge in [-0.25, -0.2) is 4.98 Å². The molecular weight excluding hydrogens is 334 g/mol. The Morgan fingerprint density at radius 2 is 2.00 bits per heavy atom. The van der Waals surface area contributed by atoms with Gasteiger partial charge in [0.25, 0.3) is 5.91 Å². The van der Waals surface area contributed by atoms with Gasteiger partial charge in [-0.1, -0.05) is 18.2 Å². The molecule has 0 saturated carbocycles. The number of amides is 1. The van der Waals surface area contributed by atoms with Gasteiger partial charge in [-0.15, -0.1) is 0 Å². The van der Waals surface area contributed by atoms with Crippen molar-refractivity contribution in [2.45, 2.75) is 0 Å². The molecule has 1 N–H and O–H groups in total. The zero-order valence-corrected chi connectivity index (χ0v) is 15.0. The quantitative estimate of drug-likeness (QED) is 0.837. The third-order valence-electron chi connectivity index (χ3n) is 3.86. The summed E-state index contributed by atoms with van der Waals surface area (Å²) in [5.74, 6) is 1.67. The van der Waals surface area contributed by atoms with Crippen molar-refractivity contribution in [3.8, 4) is 5.75 Å². The van der Waals surface area contributed by atoms with E-state index in [2.05, 4.69) is 20.2 Å². The van der Waals surface area contributed by atoms with Crippen LogP contribution >= 0.6 is 0 Å². The summed E-state index contributed by atoms with van der Waals surface area (Å²) in [5, 5.41) is 2.82. The summed E-state index contributed by atoms with van der Waals surface area (Å²) in [4.78, 5) is 25.1. The molecule has 8 nitrogen and oxygen atoms in total. The standard InChI is InChI=1S/C18H23N5O3/c1-22(2)17-15(12-19-18(21-17)23-8-10-25-11-9-23)20-16(24)13-26-14-6-4-3-5-7-14/h3-7,12H,8-11,13H2,1-2H3,(H,20,24). The number of rotatable bonds is 6. The fraction of sp³-hybridized carbons (Fsp3) is 0.389. The topological polar surface area (TPSA) is 79.8 Å². The van der Waals surface area contributed by atoms with E-state index in [9.17, 15) is 4.79 Å². The Morgan fingerprint density at radius 1 is 1.27 bits per heavy atom. The molecule has 2 heterocycles. The fourth-order valence-corrected chi connectivity index (χ4v) is 2.56. The molecule has 1 aromatic heterocycles. The average molecular weight is 357 g/mol. The molecule has 1 aromatic carbocycles. The molecule has 1 aliphatic heterocycles. The Balaban J connectivity index is 1.67. The Hall–Kier alpha value is -2.87. The van der Waals surface area contributed by atoms with Crippen LogP contribution in [0.1, 0.15) is 0 Å². The summed E-state index contributed by atoms with van der Waals surface area (Å²) < 4.78 is 10.8. The van der Waals surface area contributed by atoms with Gasteiger partial charge in [-0.2, -0.15) is 4.98 Å². The van der Waals surface area contributed by atoms with Crippen LogP contribution in [0.4, 0.5) is 17.5 Å². The van der Waals surface area contributed by atoms with Gasteiger partial charge in [-0.3, -0.25) is 4.79 Å². The first-order valence-electron chi connectivity index (χ1n) is 8.48. The Bertz CT molecular complexity index is 733. The highest BCUT2D eigenvalue weighted by Gasteiger charge is 2.18. The van der Waals surface area contributed by atoms with Gasteiger partial charge >= 0.3 is 0 Å². The Labute approximate surface area is 152 Å². The van der Waals surface area contributed by atoms with Crippen molar-refractivity contribution in [1.29, 1.82) is 0 Å². The first kappa shape index (κ1) is 17.9. The van der Waals surface area contributed by atoms with Gasteiger partial charge in [0.2, 0.25) is 5.95 Å². The van der Waals surface area contributed by atoms with Crippen LogP contribution < -0.4 is 19.9 Å². The number of carbonyl (C=O) groups excluding carboxylic acids is 1. The smallest absolute Gasteiger partial charge is 0.262 e. The van der Waals surface area contributed by atoms with Crippen molar-refractivity contribution >= 4 is 23.4 Å². The van der Waals surface area contributed by atoms with Crippen LogP contribution in [0.2, 0.25) is 0 Å². The van der Waals surface area contributed by atoms with Crippen molar-refractivity contribution in [3.05, 3.63) is 36.5 Å². The van der Waals surface area contributed by atoms with Crippen molar-refractivity contribution in [2.24, 2.45) is 0 Å². The maximum atomic E-state index is 12.2. The highest BCUT2D eigenvalue weighted by Crippen LogP contribution is 2.24. The number of hydrogen-bond acceptors (Lipinski definition) is 7. The van der Waals surface area contributed by atoms with E-state index in [0.29, 0.717) is 36.4 Å². The van der Waals surface area contributed by atoms with Gasteiger partial charge in [0.15, 0.2) is 12.4 Å². The Morgan fingerprint density at radius 3 is 2.69 bits per heavy atom. The van der Waals surface area contributed by atoms with Crippen LogP contribution in [0.5, 0.6) is 5.75 Å². The van der Waals surface area contributed by atoms with E-state index < -0.39 is 0 Å². The molecule has 0 spiro atoms. The van der Waals surface area contributed by atoms with E-state index in [1.165, 1.54) is 0 Å². The molecular formula is C18H23N5O3. The second-order valence-corrected chi connectivity index (χ2v) is 6.05. The van der Waals surface area contributed by atoms with Gasteiger partial charge in [0.1, 0.15) is 11.4 Å². The minimum atomic E-state index is -0.264. The second-order valence-electron chi connectivity index (χ2n) is 6.05. The molecule has 0 radical (unpaired) electrons. The molecule has 1 saturated heterocycles. The molecule has 1 amide bonds. The lowest BCUT2D eigenvalue weighted by Crippen LogP contribution is -2.37. The van der Waals surface area contributed by atoms with Gasteiger partial charge in [0, 0.05) is 27.2 Å². The predicted octanol–water partition coefficient (Wildman–Crippen LogP) is 1.40. The number of aromatic nitrogens is 2. The number of nitrogens with zero attached hydrogens (tertiary/aromatic N) is 4. The monoisotopic (exact) mass is 357 g/mol. The molecule has 0 unspecified atom stereocenters. The average Bonchev–Trinajstić information content (AvgIpc) is 2.68. The number of ether oxygens (including phenoxy) is 2. The van der Waals surface area contributed by atoms with E-state index >= 15 is 0 Å². The van der Waals surface area contributed by atoms with Crippen molar-refractivity contribution in [2.75, 3.05) is 62.1 Å². The van der Waals surface area contributed by atoms with Gasteiger partial charge in [-0.05, 0) is 12.1 Å². The predicted molar refractivity (Wildman–Crippen MR) is 100.0 cm³/mol. The number of anilines is 3. The molecule has 8 heteroatoms. The number of hydrogen-bond donors (Lipinski definition) is 1. The second kappa shape index (κ2) is 8.48. The lowest BCUT2D eigenvalue weighted by Gasteiger charge is -2.28. The zero-order chi connectivity index (χ0) is 18.4. The minimum absolute atomic E-state index is 0.0813. The van der Waals surface area contributed by atoms with Gasteiger partial charge in [0.05, 0.1) is 19.4 Å². The SMILES string of the molecule is CN(C)c1nc(N2CCOCC2)ncc1NC(=O)COc1ccccc1. The highest BCUT2D eigenvalue weighted by molar-refractivity contribution is 5.94. The normalized spacial score (nSPS) is 14.0. The molecule has 138 valence electrons. The van der Waals surface area contributed by atoms with Crippen molar-refractivity contribution < 1.29 is 14.3 Å². The van der Waals surface area contributed by atoms with Crippen LogP contribution in [-0.2, 0) is 9.53 Å². The van der Waals surface area contributed by atoms with E-state index in [1.807, 2.05) is 37.2 Å². The van der Waals surface area contributed by atoms with Crippen LogP contribution in [0, 0.1) is 0 Å². The molecule has 0 aliphatic carbocycles. The maximum Gasteiger partial charge on any atom is 0.262 e. The molecule has 0 bridgehead atoms. The van der Waals surface area contributed by atoms with Crippen LogP contribution in [-0.4, -0.2) is 62.9 Å². The summed E-state index contributed by atoms with van der Waals surface area (Å²) in [6.45, 7) is 2.75. The fourth-order valence-electron chi connectivity index (χ4n) is 2.56. The maximum absolute atomic E-state index is 12.2. The summed E-state index contributed by atoms with van der Waals surface area (Å²) in [5.41, 5.74) is 0.550. The lowest BCUT2D eigenvalue weighted by molar-refractivity contribution is -0.118. The number of nitrogens with one attached hydrogen (secondary N) is 1. The first-order valence-corrected chi connectivity index (χ1v) is 8.48. The first-order chi connectivity index (χ1) is 12.6. The number of benzene rings is 1. The van der Waals surface area contributed by atoms with Crippen LogP contribution in [0.15, 0.2) is 36.5 Å². The largest absolute Gasteiger partial charge is 0.484 e. The molecule has 0 atom stereocenters. The minimum Gasteiger partial charge on any atom is -0.484 e. The number of morpholine rings is 1. The van der Waals surface area contributed by atoms with E-state index in [0.717, 1.165) is 13.1 Å². The third-order valence-corrected chi connectivity index (χ3v) is 3.86. The van der Waals surface area contributed by atoms with Gasteiger partial charge < -0.3 is 24.6 Å². The molecule has 2 aromatic rings. The van der Waals surface area contributed by atoms with Crippen LogP contribution in [0.3, 0.4) is 0 Å². The van der Waals surface area contributed by atoms with Crippen molar-refractivity contribution in [3.63, 3.8) is 0 Å². The van der Waals surface area contributed by atoms with Crippen LogP contribution in [0.25, 0.3) is 0 Å².